The molecule has 0 heterocycles. The summed E-state index contributed by atoms with van der Waals surface area (Å²) in [5.74, 6) is 1.13. The quantitative estimate of drug-likeness (QED) is 0.538. The van der Waals surface area contributed by atoms with Crippen LogP contribution in [0, 0.1) is 13.8 Å². The van der Waals surface area contributed by atoms with Crippen LogP contribution in [0.15, 0.2) is 36.4 Å². The van der Waals surface area contributed by atoms with Gasteiger partial charge in [-0.2, -0.15) is 0 Å². The van der Waals surface area contributed by atoms with Crippen molar-refractivity contribution in [2.75, 3.05) is 6.61 Å². The van der Waals surface area contributed by atoms with E-state index in [1.165, 1.54) is 0 Å². The minimum atomic E-state index is -2.99. The molecule has 7 heteroatoms. The third-order valence-electron chi connectivity index (χ3n) is 2.98. The van der Waals surface area contributed by atoms with Crippen LogP contribution in [0.1, 0.15) is 18.1 Å². The Balaban J connectivity index is 2.25. The van der Waals surface area contributed by atoms with Gasteiger partial charge in [0.25, 0.3) is 0 Å². The molecule has 2 aromatic rings. The van der Waals surface area contributed by atoms with E-state index in [2.05, 4.69) is 0 Å². The highest BCUT2D eigenvalue weighted by atomic mass is 35.5. The number of aryl methyl sites for hydroxylation is 2. The fourth-order valence-corrected chi connectivity index (χ4v) is 4.11. The summed E-state index contributed by atoms with van der Waals surface area (Å²) in [6.07, 6.45) is 0. The Morgan fingerprint density at radius 3 is 1.70 bits per heavy atom. The number of hydrogen-bond acceptors (Lipinski definition) is 4. The van der Waals surface area contributed by atoms with E-state index in [1.807, 2.05) is 20.8 Å². The maximum atomic E-state index is 6.03. The van der Waals surface area contributed by atoms with Crippen LogP contribution in [0.3, 0.4) is 0 Å². The van der Waals surface area contributed by atoms with E-state index in [9.17, 15) is 0 Å². The zero-order valence-corrected chi connectivity index (χ0v) is 16.2. The van der Waals surface area contributed by atoms with Crippen LogP contribution in [0.5, 0.6) is 11.5 Å². The first kappa shape index (κ1) is 18.6. The molecule has 23 heavy (non-hydrogen) atoms. The van der Waals surface area contributed by atoms with Crippen molar-refractivity contribution in [2.45, 2.75) is 20.8 Å². The first-order valence-electron chi connectivity index (χ1n) is 6.99. The SMILES string of the molecule is CCOP(=S)(Oc1ccc(Cl)c(C)c1)Oc1ccc(Cl)c(C)c1. The lowest BCUT2D eigenvalue weighted by Gasteiger charge is -2.22. The van der Waals surface area contributed by atoms with Gasteiger partial charge in [-0.15, -0.1) is 0 Å². The van der Waals surface area contributed by atoms with Crippen molar-refractivity contribution in [3.63, 3.8) is 0 Å². The average Bonchev–Trinajstić information content (AvgIpc) is 2.47. The molecule has 3 nitrogen and oxygen atoms in total. The first-order valence-corrected chi connectivity index (χ1v) is 10.3. The summed E-state index contributed by atoms with van der Waals surface area (Å²) in [5.41, 5.74) is 1.79. The molecule has 0 atom stereocenters. The summed E-state index contributed by atoms with van der Waals surface area (Å²) in [4.78, 5) is 0. The fraction of sp³-hybridized carbons (Fsp3) is 0.250. The Kier molecular flexibility index (Phi) is 6.35. The molecule has 0 amide bonds. The lowest BCUT2D eigenvalue weighted by molar-refractivity contribution is 0.276. The number of halogens is 2. The largest absolute Gasteiger partial charge is 0.434 e. The standard InChI is InChI=1S/C16H17Cl2O3PS/c1-4-19-22(23,20-13-5-7-15(17)11(2)9-13)21-14-6-8-16(18)12(3)10-14/h5-10H,4H2,1-3H3. The lowest BCUT2D eigenvalue weighted by atomic mass is 10.2. The van der Waals surface area contributed by atoms with Crippen molar-refractivity contribution in [3.8, 4) is 11.5 Å². The highest BCUT2D eigenvalue weighted by Gasteiger charge is 2.24. The highest BCUT2D eigenvalue weighted by molar-refractivity contribution is 8.07. The molecule has 0 saturated carbocycles. The van der Waals surface area contributed by atoms with Crippen LogP contribution in [0.2, 0.25) is 10.0 Å². The predicted molar refractivity (Wildman–Crippen MR) is 99.5 cm³/mol. The summed E-state index contributed by atoms with van der Waals surface area (Å²) < 4.78 is 17.3. The second kappa shape index (κ2) is 7.87. The molecule has 0 fully saturated rings. The predicted octanol–water partition coefficient (Wildman–Crippen LogP) is 6.33. The molecular weight excluding hydrogens is 374 g/mol. The summed E-state index contributed by atoms with van der Waals surface area (Å²) in [7, 11) is 0. The Hall–Kier alpha value is -0.770. The van der Waals surface area contributed by atoms with Gasteiger partial charge in [-0.1, -0.05) is 23.2 Å². The summed E-state index contributed by atoms with van der Waals surface area (Å²) >= 11 is 17.6. The third-order valence-corrected chi connectivity index (χ3v) is 6.04. The van der Waals surface area contributed by atoms with Crippen LogP contribution in [-0.2, 0) is 16.3 Å². The van der Waals surface area contributed by atoms with Crippen molar-refractivity contribution < 1.29 is 13.6 Å². The van der Waals surface area contributed by atoms with Crippen molar-refractivity contribution >= 4 is 41.7 Å². The molecule has 0 saturated heterocycles. The van der Waals surface area contributed by atoms with Crippen molar-refractivity contribution in [1.29, 1.82) is 0 Å². The molecular formula is C16H17Cl2O3PS. The molecule has 0 aliphatic heterocycles. The molecule has 0 radical (unpaired) electrons. The average molecular weight is 391 g/mol. The van der Waals surface area contributed by atoms with Gasteiger partial charge in [0.15, 0.2) is 0 Å². The number of hydrogen-bond donors (Lipinski definition) is 0. The molecule has 0 aliphatic carbocycles. The minimum absolute atomic E-state index is 0.385. The minimum Gasteiger partial charge on any atom is -0.416 e. The lowest BCUT2D eigenvalue weighted by Crippen LogP contribution is -2.05. The molecule has 2 aromatic carbocycles. The van der Waals surface area contributed by atoms with E-state index in [0.717, 1.165) is 11.1 Å². The van der Waals surface area contributed by atoms with Crippen molar-refractivity contribution in [1.82, 2.24) is 0 Å². The van der Waals surface area contributed by atoms with Gasteiger partial charge in [-0.05, 0) is 68.3 Å². The van der Waals surface area contributed by atoms with Crippen LogP contribution in [0.25, 0.3) is 0 Å². The summed E-state index contributed by atoms with van der Waals surface area (Å²) in [5, 5.41) is 1.33. The summed E-state index contributed by atoms with van der Waals surface area (Å²) in [6.45, 7) is 3.02. The monoisotopic (exact) mass is 390 g/mol. The highest BCUT2D eigenvalue weighted by Crippen LogP contribution is 2.50. The molecule has 0 N–H and O–H groups in total. The molecule has 0 spiro atoms. The zero-order chi connectivity index (χ0) is 17.0. The van der Waals surface area contributed by atoms with Gasteiger partial charge in [-0.3, -0.25) is 4.52 Å². The maximum absolute atomic E-state index is 6.03. The van der Waals surface area contributed by atoms with Gasteiger partial charge in [0, 0.05) is 21.9 Å². The van der Waals surface area contributed by atoms with Crippen molar-refractivity contribution in [2.24, 2.45) is 0 Å². The molecule has 2 rings (SSSR count). The third kappa shape index (κ3) is 5.10. The number of rotatable bonds is 6. The summed E-state index contributed by atoms with van der Waals surface area (Å²) in [6, 6.07) is 10.6. The molecule has 124 valence electrons. The van der Waals surface area contributed by atoms with Crippen molar-refractivity contribution in [3.05, 3.63) is 57.6 Å². The van der Waals surface area contributed by atoms with Crippen LogP contribution in [0.4, 0.5) is 0 Å². The van der Waals surface area contributed by atoms with Crippen LogP contribution in [-0.4, -0.2) is 6.61 Å². The Morgan fingerprint density at radius 1 is 0.913 bits per heavy atom. The molecule has 0 unspecified atom stereocenters. The molecule has 0 bridgehead atoms. The van der Waals surface area contributed by atoms with E-state index < -0.39 is 6.72 Å². The van der Waals surface area contributed by atoms with Gasteiger partial charge in [0.2, 0.25) is 0 Å². The van der Waals surface area contributed by atoms with Gasteiger partial charge in [0.1, 0.15) is 11.5 Å². The van der Waals surface area contributed by atoms with E-state index in [0.29, 0.717) is 28.2 Å². The molecule has 0 aliphatic rings. The Labute approximate surface area is 151 Å². The second-order valence-electron chi connectivity index (χ2n) is 4.87. The van der Waals surface area contributed by atoms with Crippen LogP contribution < -0.4 is 9.05 Å². The van der Waals surface area contributed by atoms with Gasteiger partial charge in [0.05, 0.1) is 6.61 Å². The van der Waals surface area contributed by atoms with E-state index in [1.54, 1.807) is 36.4 Å². The normalized spacial score (nSPS) is 11.3. The smallest absolute Gasteiger partial charge is 0.416 e. The van der Waals surface area contributed by atoms with Gasteiger partial charge >= 0.3 is 6.72 Å². The second-order valence-corrected chi connectivity index (χ2v) is 8.54. The Bertz CT molecular complexity index is 695. The first-order chi connectivity index (χ1) is 10.8. The van der Waals surface area contributed by atoms with E-state index in [-0.39, 0.29) is 0 Å². The van der Waals surface area contributed by atoms with Crippen LogP contribution >= 0.6 is 29.9 Å². The van der Waals surface area contributed by atoms with E-state index >= 15 is 0 Å². The van der Waals surface area contributed by atoms with E-state index in [4.69, 9.17) is 48.6 Å². The van der Waals surface area contributed by atoms with Gasteiger partial charge in [-0.25, -0.2) is 0 Å². The molecule has 0 aromatic heterocycles. The van der Waals surface area contributed by atoms with Gasteiger partial charge < -0.3 is 9.05 Å². The zero-order valence-electron chi connectivity index (χ0n) is 13.0. The topological polar surface area (TPSA) is 27.7 Å². The number of benzene rings is 2. The fourth-order valence-electron chi connectivity index (χ4n) is 1.84. The Morgan fingerprint density at radius 2 is 1.35 bits per heavy atom. The maximum Gasteiger partial charge on any atom is 0.434 e.